The Morgan fingerprint density at radius 1 is 1.21 bits per heavy atom. The predicted molar refractivity (Wildman–Crippen MR) is 140 cm³/mol. The van der Waals surface area contributed by atoms with Gasteiger partial charge in [0.15, 0.2) is 5.82 Å². The number of thiophene rings is 2. The van der Waals surface area contributed by atoms with Crippen LogP contribution in [-0.4, -0.2) is 68.4 Å². The number of hydrogen-bond donors (Lipinski definition) is 4. The first-order chi connectivity index (χ1) is 18.2. The van der Waals surface area contributed by atoms with Gasteiger partial charge >= 0.3 is 0 Å². The Labute approximate surface area is 226 Å². The molecule has 198 valence electrons. The molecule has 38 heavy (non-hydrogen) atoms. The van der Waals surface area contributed by atoms with Crippen LogP contribution in [0.5, 0.6) is 0 Å². The minimum atomic E-state index is -0.985. The topological polar surface area (TPSA) is 197 Å². The first-order valence-corrected chi connectivity index (χ1v) is 13.9. The molecule has 1 saturated heterocycles. The third-order valence-corrected chi connectivity index (χ3v) is 9.68. The first-order valence-electron chi connectivity index (χ1n) is 12.3. The Balaban J connectivity index is 1.56. The molecule has 0 aromatic carbocycles. The lowest BCUT2D eigenvalue weighted by Gasteiger charge is -2.34. The number of primary amides is 2. The summed E-state index contributed by atoms with van der Waals surface area (Å²) in [6.45, 7) is 2.59. The summed E-state index contributed by atoms with van der Waals surface area (Å²) in [5, 5.41) is 27.8. The number of nitrogens with one attached hydrogen (secondary N) is 2. The predicted octanol–water partition coefficient (Wildman–Crippen LogP) is 0.836. The van der Waals surface area contributed by atoms with E-state index in [4.69, 9.17) is 11.5 Å². The van der Waals surface area contributed by atoms with E-state index in [1.807, 2.05) is 6.92 Å². The molecule has 1 fully saturated rings. The molecule has 1 aliphatic heterocycles. The van der Waals surface area contributed by atoms with Crippen LogP contribution in [0, 0.1) is 11.3 Å². The molecule has 3 amide bonds. The molecule has 3 aromatic rings. The molecule has 2 aliphatic rings. The third kappa shape index (κ3) is 4.46. The van der Waals surface area contributed by atoms with E-state index < -0.39 is 23.3 Å². The highest BCUT2D eigenvalue weighted by Gasteiger charge is 2.47. The molecule has 0 unspecified atom stereocenters. The molecule has 1 aliphatic carbocycles. The number of fused-ring (bicyclic) bond motifs is 2. The van der Waals surface area contributed by atoms with Gasteiger partial charge in [-0.3, -0.25) is 14.4 Å². The number of aryl methyl sites for hydroxylation is 2. The van der Waals surface area contributed by atoms with Crippen LogP contribution in [0.15, 0.2) is 12.1 Å². The fourth-order valence-electron chi connectivity index (χ4n) is 5.55. The van der Waals surface area contributed by atoms with Gasteiger partial charge in [-0.2, -0.15) is 10.5 Å². The number of carbonyl (C=O) groups is 3. The summed E-state index contributed by atoms with van der Waals surface area (Å²) < 4.78 is 0. The number of rotatable bonds is 8. The second-order valence-electron chi connectivity index (χ2n) is 9.62. The molecule has 2 atom stereocenters. The standard InChI is InChI=1S/C24H27N9O3S2/c1-12(28-11-20(34)33-6-2-3-13(33)10-25)9-24(23-29-31-32-30-23)14-7-18(21(26)35)37-16(14)4-5-17-15(24)8-19(38-17)22(27)36/h7-8,12-13,28H,2-6,9,11H2,1H3,(H2,26,35)(H2,27,36)(H,29,30,31,32)/t12-,13-/m0/s1. The van der Waals surface area contributed by atoms with Crippen molar-refractivity contribution in [2.24, 2.45) is 11.5 Å². The summed E-state index contributed by atoms with van der Waals surface area (Å²) in [5.41, 5.74) is 12.0. The van der Waals surface area contributed by atoms with Crippen molar-refractivity contribution in [1.82, 2.24) is 30.8 Å². The third-order valence-electron chi connectivity index (χ3n) is 7.27. The highest BCUT2D eigenvalue weighted by atomic mass is 32.1. The van der Waals surface area contributed by atoms with Crippen molar-refractivity contribution < 1.29 is 14.4 Å². The summed E-state index contributed by atoms with van der Waals surface area (Å²) in [7, 11) is 0. The van der Waals surface area contributed by atoms with Crippen LogP contribution in [0.1, 0.15) is 72.2 Å². The number of tetrazole rings is 1. The molecular formula is C24H27N9O3S2. The van der Waals surface area contributed by atoms with E-state index in [2.05, 4.69) is 32.0 Å². The van der Waals surface area contributed by atoms with Gasteiger partial charge in [-0.05, 0) is 62.3 Å². The van der Waals surface area contributed by atoms with Crippen LogP contribution >= 0.6 is 22.7 Å². The Kier molecular flexibility index (Phi) is 6.99. The van der Waals surface area contributed by atoms with Gasteiger partial charge in [0.1, 0.15) is 6.04 Å². The van der Waals surface area contributed by atoms with E-state index in [1.165, 1.54) is 22.7 Å². The lowest BCUT2D eigenvalue weighted by molar-refractivity contribution is -0.130. The Morgan fingerprint density at radius 2 is 1.84 bits per heavy atom. The first kappa shape index (κ1) is 26.0. The zero-order valence-corrected chi connectivity index (χ0v) is 22.3. The maximum atomic E-state index is 12.9. The fraction of sp³-hybridized carbons (Fsp3) is 0.458. The zero-order chi connectivity index (χ0) is 27.0. The summed E-state index contributed by atoms with van der Waals surface area (Å²) >= 11 is 2.69. The lowest BCUT2D eigenvalue weighted by atomic mass is 9.70. The molecule has 3 aromatic heterocycles. The smallest absolute Gasteiger partial charge is 0.258 e. The van der Waals surface area contributed by atoms with E-state index in [9.17, 15) is 19.6 Å². The van der Waals surface area contributed by atoms with Gasteiger partial charge in [0.25, 0.3) is 11.8 Å². The molecule has 4 heterocycles. The van der Waals surface area contributed by atoms with Gasteiger partial charge < -0.3 is 21.7 Å². The number of nitrogens with two attached hydrogens (primary N) is 2. The van der Waals surface area contributed by atoms with E-state index in [0.29, 0.717) is 47.8 Å². The summed E-state index contributed by atoms with van der Waals surface area (Å²) in [6, 6.07) is 5.14. The highest BCUT2D eigenvalue weighted by molar-refractivity contribution is 7.15. The maximum Gasteiger partial charge on any atom is 0.258 e. The van der Waals surface area contributed by atoms with Crippen LogP contribution in [-0.2, 0) is 23.1 Å². The van der Waals surface area contributed by atoms with Crippen molar-refractivity contribution in [3.8, 4) is 6.07 Å². The molecule has 0 bridgehead atoms. The molecular weight excluding hydrogens is 526 g/mol. The lowest BCUT2D eigenvalue weighted by Crippen LogP contribution is -2.45. The van der Waals surface area contributed by atoms with Gasteiger partial charge in [0.05, 0.1) is 27.8 Å². The van der Waals surface area contributed by atoms with Crippen LogP contribution in [0.4, 0.5) is 0 Å². The molecule has 6 N–H and O–H groups in total. The summed E-state index contributed by atoms with van der Waals surface area (Å²) in [5.74, 6) is -0.797. The molecule has 12 nitrogen and oxygen atoms in total. The van der Waals surface area contributed by atoms with Crippen molar-refractivity contribution in [2.45, 2.75) is 56.5 Å². The number of aromatic amines is 1. The Bertz CT molecular complexity index is 1360. The van der Waals surface area contributed by atoms with E-state index in [0.717, 1.165) is 27.3 Å². The molecule has 0 spiro atoms. The summed E-state index contributed by atoms with van der Waals surface area (Å²) in [6.07, 6.45) is 3.18. The minimum absolute atomic E-state index is 0.0632. The second kappa shape index (κ2) is 10.2. The minimum Gasteiger partial charge on any atom is -0.365 e. The average Bonchev–Trinajstić information content (AvgIpc) is 3.70. The van der Waals surface area contributed by atoms with Gasteiger partial charge in [-0.25, -0.2) is 0 Å². The van der Waals surface area contributed by atoms with E-state index in [1.54, 1.807) is 17.0 Å². The van der Waals surface area contributed by atoms with Crippen LogP contribution in [0.25, 0.3) is 0 Å². The van der Waals surface area contributed by atoms with Crippen LogP contribution in [0.2, 0.25) is 0 Å². The van der Waals surface area contributed by atoms with Crippen molar-refractivity contribution in [2.75, 3.05) is 13.1 Å². The Hall–Kier alpha value is -3.67. The number of carbonyl (C=O) groups excluding carboxylic acids is 3. The molecule has 5 rings (SSSR count). The van der Waals surface area contributed by atoms with Crippen LogP contribution < -0.4 is 16.8 Å². The number of likely N-dealkylation sites (tertiary alicyclic amines) is 1. The van der Waals surface area contributed by atoms with Gasteiger partial charge in [-0.1, -0.05) is 5.21 Å². The second-order valence-corrected chi connectivity index (χ2v) is 11.9. The highest BCUT2D eigenvalue weighted by Crippen LogP contribution is 2.50. The molecule has 0 radical (unpaired) electrons. The van der Waals surface area contributed by atoms with Gasteiger partial charge in [0.2, 0.25) is 5.91 Å². The maximum absolute atomic E-state index is 12.9. The largest absolute Gasteiger partial charge is 0.365 e. The normalized spacial score (nSPS) is 18.7. The van der Waals surface area contributed by atoms with Crippen molar-refractivity contribution in [3.63, 3.8) is 0 Å². The average molecular weight is 554 g/mol. The SMILES string of the molecule is C[C@@H](CC1(c2nn[nH]n2)c2cc(C(N)=O)sc2CCc2sc(C(N)=O)cc21)NCC(=O)N1CCC[C@H]1C#N. The van der Waals surface area contributed by atoms with Gasteiger partial charge in [-0.15, -0.1) is 32.9 Å². The van der Waals surface area contributed by atoms with Crippen molar-refractivity contribution in [3.05, 3.63) is 48.6 Å². The number of hydrogen-bond acceptors (Lipinski definition) is 10. The zero-order valence-electron chi connectivity index (χ0n) is 20.7. The number of H-pyrrole nitrogens is 1. The number of nitrogens with zero attached hydrogens (tertiary/aromatic N) is 5. The number of aromatic nitrogens is 4. The number of amides is 3. The van der Waals surface area contributed by atoms with E-state index in [-0.39, 0.29) is 18.5 Å². The fourth-order valence-corrected chi connectivity index (χ4v) is 7.74. The number of nitriles is 1. The Morgan fingerprint density at radius 3 is 2.37 bits per heavy atom. The quantitative estimate of drug-likeness (QED) is 0.314. The van der Waals surface area contributed by atoms with E-state index >= 15 is 0 Å². The van der Waals surface area contributed by atoms with Crippen molar-refractivity contribution >= 4 is 40.4 Å². The monoisotopic (exact) mass is 553 g/mol. The van der Waals surface area contributed by atoms with Crippen LogP contribution in [0.3, 0.4) is 0 Å². The summed E-state index contributed by atoms with van der Waals surface area (Å²) in [4.78, 5) is 41.6. The molecule has 14 heteroatoms. The van der Waals surface area contributed by atoms with Crippen molar-refractivity contribution in [1.29, 1.82) is 5.26 Å². The van der Waals surface area contributed by atoms with Gasteiger partial charge in [0, 0.05) is 22.3 Å². The molecule has 0 saturated carbocycles.